The van der Waals surface area contributed by atoms with Gasteiger partial charge in [-0.2, -0.15) is 0 Å². The Labute approximate surface area is 134 Å². The van der Waals surface area contributed by atoms with Crippen molar-refractivity contribution in [2.75, 3.05) is 13.7 Å². The van der Waals surface area contributed by atoms with Gasteiger partial charge < -0.3 is 4.74 Å². The third-order valence-corrected chi connectivity index (χ3v) is 5.11. The highest BCUT2D eigenvalue weighted by molar-refractivity contribution is 6.21. The van der Waals surface area contributed by atoms with Crippen molar-refractivity contribution < 1.29 is 4.74 Å². The molecule has 0 N–H and O–H groups in total. The molecule has 1 aromatic rings. The van der Waals surface area contributed by atoms with Crippen LogP contribution in [-0.2, 0) is 0 Å². The van der Waals surface area contributed by atoms with E-state index in [1.165, 1.54) is 24.8 Å². The van der Waals surface area contributed by atoms with E-state index in [2.05, 4.69) is 44.7 Å². The predicted octanol–water partition coefficient (Wildman–Crippen LogP) is 4.85. The van der Waals surface area contributed by atoms with Gasteiger partial charge in [0, 0.05) is 24.2 Å². The van der Waals surface area contributed by atoms with E-state index in [0.29, 0.717) is 12.1 Å². The van der Waals surface area contributed by atoms with Gasteiger partial charge in [0.2, 0.25) is 0 Å². The van der Waals surface area contributed by atoms with Gasteiger partial charge >= 0.3 is 0 Å². The zero-order chi connectivity index (χ0) is 15.6. The molecule has 0 amide bonds. The molecular weight excluding hydrogens is 282 g/mol. The standard InChI is InChI=1S/C18H28ClNO/c1-12-9-13(2)18(21-5)16(10-12)17(19)11-20-14(3)7-6-8-15(20)4/h9-10,14-15,17H,6-8,11H2,1-5H3. The minimum atomic E-state index is -0.0263. The lowest BCUT2D eigenvalue weighted by atomic mass is 9.96. The second-order valence-corrected chi connectivity index (χ2v) is 7.02. The van der Waals surface area contributed by atoms with E-state index in [1.54, 1.807) is 7.11 Å². The second kappa shape index (κ2) is 7.02. The lowest BCUT2D eigenvalue weighted by molar-refractivity contribution is 0.103. The fourth-order valence-electron chi connectivity index (χ4n) is 3.62. The van der Waals surface area contributed by atoms with Gasteiger partial charge in [-0.05, 0) is 46.1 Å². The quantitative estimate of drug-likeness (QED) is 0.737. The molecule has 1 aliphatic heterocycles. The number of piperidine rings is 1. The van der Waals surface area contributed by atoms with Crippen molar-refractivity contribution in [3.05, 3.63) is 28.8 Å². The molecule has 1 heterocycles. The molecule has 0 radical (unpaired) electrons. The second-order valence-electron chi connectivity index (χ2n) is 6.50. The maximum absolute atomic E-state index is 6.78. The highest BCUT2D eigenvalue weighted by Gasteiger charge is 2.28. The smallest absolute Gasteiger partial charge is 0.126 e. The van der Waals surface area contributed by atoms with Gasteiger partial charge in [-0.3, -0.25) is 4.90 Å². The van der Waals surface area contributed by atoms with Crippen molar-refractivity contribution in [2.24, 2.45) is 0 Å². The van der Waals surface area contributed by atoms with Crippen LogP contribution in [-0.4, -0.2) is 30.6 Å². The monoisotopic (exact) mass is 309 g/mol. The molecule has 0 aliphatic carbocycles. The largest absolute Gasteiger partial charge is 0.496 e. The maximum Gasteiger partial charge on any atom is 0.126 e. The van der Waals surface area contributed by atoms with Crippen LogP contribution in [0.3, 0.4) is 0 Å². The number of alkyl halides is 1. The van der Waals surface area contributed by atoms with E-state index < -0.39 is 0 Å². The van der Waals surface area contributed by atoms with Gasteiger partial charge in [-0.1, -0.05) is 24.1 Å². The Morgan fingerprint density at radius 2 is 1.86 bits per heavy atom. The van der Waals surface area contributed by atoms with Gasteiger partial charge in [-0.25, -0.2) is 0 Å². The van der Waals surface area contributed by atoms with Crippen LogP contribution in [0.15, 0.2) is 12.1 Å². The summed E-state index contributed by atoms with van der Waals surface area (Å²) in [7, 11) is 1.73. The minimum Gasteiger partial charge on any atom is -0.496 e. The summed E-state index contributed by atoms with van der Waals surface area (Å²) >= 11 is 6.78. The zero-order valence-corrected chi connectivity index (χ0v) is 14.7. The van der Waals surface area contributed by atoms with Crippen LogP contribution in [0.25, 0.3) is 0 Å². The van der Waals surface area contributed by atoms with Crippen molar-refractivity contribution in [1.29, 1.82) is 0 Å². The molecule has 0 spiro atoms. The molecule has 0 saturated carbocycles. The molecule has 3 atom stereocenters. The first-order chi connectivity index (χ1) is 9.93. The molecule has 2 nitrogen and oxygen atoms in total. The predicted molar refractivity (Wildman–Crippen MR) is 90.5 cm³/mol. The number of aryl methyl sites for hydroxylation is 2. The Bertz CT molecular complexity index is 478. The molecule has 3 heteroatoms. The first kappa shape index (κ1) is 16.6. The minimum absolute atomic E-state index is 0.0263. The topological polar surface area (TPSA) is 12.5 Å². The van der Waals surface area contributed by atoms with E-state index in [0.717, 1.165) is 23.4 Å². The Morgan fingerprint density at radius 3 is 2.43 bits per heavy atom. The molecule has 118 valence electrons. The van der Waals surface area contributed by atoms with Crippen LogP contribution in [0, 0.1) is 13.8 Å². The van der Waals surface area contributed by atoms with Crippen LogP contribution in [0.4, 0.5) is 0 Å². The SMILES string of the molecule is COc1c(C)cc(C)cc1C(Cl)CN1C(C)CCCC1C. The Morgan fingerprint density at radius 1 is 1.24 bits per heavy atom. The third-order valence-electron chi connectivity index (χ3n) is 4.74. The van der Waals surface area contributed by atoms with Gasteiger partial charge in [-0.15, -0.1) is 11.6 Å². The van der Waals surface area contributed by atoms with E-state index in [4.69, 9.17) is 16.3 Å². The Hall–Kier alpha value is -0.730. The van der Waals surface area contributed by atoms with Gasteiger partial charge in [0.05, 0.1) is 12.5 Å². The summed E-state index contributed by atoms with van der Waals surface area (Å²) in [6, 6.07) is 5.56. The molecule has 1 saturated heterocycles. The number of nitrogens with zero attached hydrogens (tertiary/aromatic N) is 1. The van der Waals surface area contributed by atoms with Crippen molar-refractivity contribution >= 4 is 11.6 Å². The van der Waals surface area contributed by atoms with Gasteiger partial charge in [0.1, 0.15) is 5.75 Å². The number of hydrogen-bond acceptors (Lipinski definition) is 2. The molecule has 1 fully saturated rings. The van der Waals surface area contributed by atoms with E-state index in [9.17, 15) is 0 Å². The van der Waals surface area contributed by atoms with Crippen molar-refractivity contribution in [1.82, 2.24) is 4.90 Å². The van der Waals surface area contributed by atoms with Crippen molar-refractivity contribution in [3.63, 3.8) is 0 Å². The number of methoxy groups -OCH3 is 1. The summed E-state index contributed by atoms with van der Waals surface area (Å²) < 4.78 is 5.59. The van der Waals surface area contributed by atoms with Crippen LogP contribution >= 0.6 is 11.6 Å². The summed E-state index contributed by atoms with van der Waals surface area (Å²) in [6.45, 7) is 9.73. The average Bonchev–Trinajstić information content (AvgIpc) is 2.42. The van der Waals surface area contributed by atoms with Crippen LogP contribution in [0.1, 0.15) is 55.2 Å². The Balaban J connectivity index is 2.21. The fourth-order valence-corrected chi connectivity index (χ4v) is 3.94. The summed E-state index contributed by atoms with van der Waals surface area (Å²) in [5.41, 5.74) is 3.54. The van der Waals surface area contributed by atoms with Crippen LogP contribution < -0.4 is 4.74 Å². The van der Waals surface area contributed by atoms with Crippen LogP contribution in [0.5, 0.6) is 5.75 Å². The number of rotatable bonds is 4. The zero-order valence-electron chi connectivity index (χ0n) is 13.9. The van der Waals surface area contributed by atoms with Gasteiger partial charge in [0.25, 0.3) is 0 Å². The van der Waals surface area contributed by atoms with E-state index >= 15 is 0 Å². The number of benzene rings is 1. The summed E-state index contributed by atoms with van der Waals surface area (Å²) in [4.78, 5) is 2.55. The molecule has 3 unspecified atom stereocenters. The Kier molecular flexibility index (Phi) is 5.56. The molecule has 1 aliphatic rings. The number of ether oxygens (including phenoxy) is 1. The lowest BCUT2D eigenvalue weighted by Crippen LogP contribution is -2.45. The van der Waals surface area contributed by atoms with Crippen molar-refractivity contribution in [3.8, 4) is 5.75 Å². The maximum atomic E-state index is 6.78. The summed E-state index contributed by atoms with van der Waals surface area (Å²) in [5.74, 6) is 0.943. The normalized spacial score (nSPS) is 24.9. The number of hydrogen-bond donors (Lipinski definition) is 0. The van der Waals surface area contributed by atoms with E-state index in [-0.39, 0.29) is 5.38 Å². The lowest BCUT2D eigenvalue weighted by Gasteiger charge is -2.40. The highest BCUT2D eigenvalue weighted by atomic mass is 35.5. The highest BCUT2D eigenvalue weighted by Crippen LogP contribution is 2.36. The summed E-state index contributed by atoms with van der Waals surface area (Å²) in [6.07, 6.45) is 3.88. The molecular formula is C18H28ClNO. The summed E-state index contributed by atoms with van der Waals surface area (Å²) in [5, 5.41) is -0.0263. The number of halogens is 1. The molecule has 21 heavy (non-hydrogen) atoms. The average molecular weight is 310 g/mol. The first-order valence-electron chi connectivity index (χ1n) is 7.99. The molecule has 1 aromatic carbocycles. The number of likely N-dealkylation sites (tertiary alicyclic amines) is 1. The fraction of sp³-hybridized carbons (Fsp3) is 0.667. The van der Waals surface area contributed by atoms with Gasteiger partial charge in [0.15, 0.2) is 0 Å². The molecule has 0 aromatic heterocycles. The first-order valence-corrected chi connectivity index (χ1v) is 8.42. The van der Waals surface area contributed by atoms with Crippen LogP contribution in [0.2, 0.25) is 0 Å². The van der Waals surface area contributed by atoms with Crippen molar-refractivity contribution in [2.45, 2.75) is 64.4 Å². The van der Waals surface area contributed by atoms with E-state index in [1.807, 2.05) is 0 Å². The molecule has 0 bridgehead atoms. The molecule has 2 rings (SSSR count). The third kappa shape index (κ3) is 3.73.